The molecule has 29 heavy (non-hydrogen) atoms. The zero-order chi connectivity index (χ0) is 20.8. The summed E-state index contributed by atoms with van der Waals surface area (Å²) in [6, 6.07) is 2.83. The average molecular weight is 417 g/mol. The van der Waals surface area contributed by atoms with Gasteiger partial charge in [0.25, 0.3) is 0 Å². The molecular formula is C17H19F4N5O3. The van der Waals surface area contributed by atoms with E-state index < -0.39 is 13.2 Å². The number of halogens is 4. The van der Waals surface area contributed by atoms with Crippen LogP contribution in [0, 0.1) is 0 Å². The molecule has 0 unspecified atom stereocenters. The molecule has 0 atom stereocenters. The molecule has 158 valence electrons. The molecule has 2 heterocycles. The molecule has 1 aromatic carbocycles. The molecule has 1 aliphatic heterocycles. The summed E-state index contributed by atoms with van der Waals surface area (Å²) in [7, 11) is 0. The molecule has 1 aliphatic rings. The van der Waals surface area contributed by atoms with E-state index in [-0.39, 0.29) is 37.4 Å². The van der Waals surface area contributed by atoms with Crippen LogP contribution in [0.15, 0.2) is 29.5 Å². The lowest BCUT2D eigenvalue weighted by Gasteiger charge is -2.14. The molecule has 0 aliphatic carbocycles. The fraction of sp³-hybridized carbons (Fsp3) is 0.412. The van der Waals surface area contributed by atoms with Crippen LogP contribution in [0.1, 0.15) is 24.9 Å². The zero-order valence-electron chi connectivity index (χ0n) is 15.4. The quantitative estimate of drug-likeness (QED) is 0.391. The number of nitrogens with zero attached hydrogens (tertiary/aromatic N) is 3. The van der Waals surface area contributed by atoms with Crippen molar-refractivity contribution in [3.05, 3.63) is 35.9 Å². The molecule has 12 heteroatoms. The first-order valence-corrected chi connectivity index (χ1v) is 8.67. The SMILES string of the molecule is CCNC(=NCc1cc2c(cc1OC(F)F)OCO2)NCc1nccn1C(F)F. The highest BCUT2D eigenvalue weighted by Crippen LogP contribution is 2.39. The number of fused-ring (bicyclic) bond motifs is 1. The van der Waals surface area contributed by atoms with Crippen LogP contribution in [0.4, 0.5) is 17.6 Å². The van der Waals surface area contributed by atoms with Crippen molar-refractivity contribution in [3.8, 4) is 17.2 Å². The van der Waals surface area contributed by atoms with Gasteiger partial charge in [0.15, 0.2) is 17.5 Å². The Kier molecular flexibility index (Phi) is 6.62. The predicted octanol–water partition coefficient (Wildman–Crippen LogP) is 2.86. The molecule has 0 bridgehead atoms. The van der Waals surface area contributed by atoms with Crippen molar-refractivity contribution in [3.63, 3.8) is 0 Å². The van der Waals surface area contributed by atoms with Gasteiger partial charge in [-0.2, -0.15) is 17.6 Å². The third-order valence-electron chi connectivity index (χ3n) is 3.90. The molecule has 2 aromatic rings. The van der Waals surface area contributed by atoms with E-state index in [2.05, 4.69) is 25.3 Å². The summed E-state index contributed by atoms with van der Waals surface area (Å²) in [5.41, 5.74) is 0.348. The van der Waals surface area contributed by atoms with Crippen LogP contribution < -0.4 is 24.8 Å². The van der Waals surface area contributed by atoms with Crippen molar-refractivity contribution in [2.24, 2.45) is 4.99 Å². The number of alkyl halides is 4. The first kappa shape index (κ1) is 20.6. The second kappa shape index (κ2) is 9.34. The minimum absolute atomic E-state index is 0.00922. The summed E-state index contributed by atoms with van der Waals surface area (Å²) in [5.74, 6) is 1.02. The second-order valence-corrected chi connectivity index (χ2v) is 5.77. The maximum Gasteiger partial charge on any atom is 0.387 e. The lowest BCUT2D eigenvalue weighted by molar-refractivity contribution is -0.0505. The van der Waals surface area contributed by atoms with Crippen LogP contribution in [0.3, 0.4) is 0 Å². The molecule has 0 amide bonds. The Bertz CT molecular complexity index is 860. The van der Waals surface area contributed by atoms with Gasteiger partial charge in [-0.3, -0.25) is 4.57 Å². The van der Waals surface area contributed by atoms with Gasteiger partial charge >= 0.3 is 13.2 Å². The Labute approximate surface area is 163 Å². The highest BCUT2D eigenvalue weighted by molar-refractivity contribution is 5.79. The minimum atomic E-state index is -3.02. The average Bonchev–Trinajstić information content (AvgIpc) is 3.32. The van der Waals surface area contributed by atoms with Gasteiger partial charge in [-0.15, -0.1) is 0 Å². The number of ether oxygens (including phenoxy) is 3. The Hall–Kier alpha value is -3.18. The molecule has 3 rings (SSSR count). The van der Waals surface area contributed by atoms with E-state index in [1.807, 2.05) is 6.92 Å². The largest absolute Gasteiger partial charge is 0.454 e. The first-order valence-electron chi connectivity index (χ1n) is 8.67. The molecule has 8 nitrogen and oxygen atoms in total. The van der Waals surface area contributed by atoms with Crippen LogP contribution in [0.5, 0.6) is 17.2 Å². The number of rotatable bonds is 8. The molecule has 0 radical (unpaired) electrons. The smallest absolute Gasteiger partial charge is 0.387 e. The van der Waals surface area contributed by atoms with Crippen LogP contribution in [0.25, 0.3) is 0 Å². The van der Waals surface area contributed by atoms with Gasteiger partial charge in [0, 0.05) is 30.6 Å². The first-order chi connectivity index (χ1) is 14.0. The molecule has 0 fully saturated rings. The summed E-state index contributed by atoms with van der Waals surface area (Å²) in [5, 5.41) is 5.82. The standard InChI is InChI=1S/C17H19F4N5O3/c1-2-22-17(25-8-14-23-3-4-26(14)15(18)19)24-7-10-5-12-13(28-9-27-12)6-11(10)29-16(20)21/h3-6,15-16H,2,7-9H2,1H3,(H2,22,24,25). The van der Waals surface area contributed by atoms with Gasteiger partial charge in [0.05, 0.1) is 13.1 Å². The number of imidazole rings is 1. The maximum atomic E-state index is 12.9. The van der Waals surface area contributed by atoms with Gasteiger partial charge in [0.2, 0.25) is 6.79 Å². The van der Waals surface area contributed by atoms with Crippen LogP contribution in [-0.2, 0) is 13.1 Å². The van der Waals surface area contributed by atoms with Crippen LogP contribution in [-0.4, -0.2) is 35.5 Å². The highest BCUT2D eigenvalue weighted by Gasteiger charge is 2.20. The number of benzene rings is 1. The third-order valence-corrected chi connectivity index (χ3v) is 3.90. The van der Waals surface area contributed by atoms with E-state index in [1.54, 1.807) is 0 Å². The summed E-state index contributed by atoms with van der Waals surface area (Å²) in [4.78, 5) is 8.18. The molecule has 0 saturated heterocycles. The number of hydrogen-bond acceptors (Lipinski definition) is 5. The Morgan fingerprint density at radius 3 is 2.69 bits per heavy atom. The molecule has 2 N–H and O–H groups in total. The van der Waals surface area contributed by atoms with Gasteiger partial charge in [-0.25, -0.2) is 9.98 Å². The van der Waals surface area contributed by atoms with Crippen molar-refractivity contribution in [2.45, 2.75) is 33.2 Å². The van der Waals surface area contributed by atoms with E-state index in [9.17, 15) is 17.6 Å². The van der Waals surface area contributed by atoms with Gasteiger partial charge in [-0.1, -0.05) is 0 Å². The van der Waals surface area contributed by atoms with E-state index in [0.717, 1.165) is 4.57 Å². The normalized spacial score (nSPS) is 13.3. The number of aliphatic imine (C=N–C) groups is 1. The van der Waals surface area contributed by atoms with E-state index >= 15 is 0 Å². The molecule has 1 aromatic heterocycles. The van der Waals surface area contributed by atoms with Crippen molar-refractivity contribution < 1.29 is 31.8 Å². The fourth-order valence-corrected chi connectivity index (χ4v) is 2.62. The zero-order valence-corrected chi connectivity index (χ0v) is 15.4. The van der Waals surface area contributed by atoms with Gasteiger partial charge in [-0.05, 0) is 13.0 Å². The summed E-state index contributed by atoms with van der Waals surface area (Å²) in [6.45, 7) is -3.46. The highest BCUT2D eigenvalue weighted by atomic mass is 19.3. The van der Waals surface area contributed by atoms with E-state index in [4.69, 9.17) is 9.47 Å². The summed E-state index contributed by atoms with van der Waals surface area (Å²) < 4.78 is 67.0. The van der Waals surface area contributed by atoms with E-state index in [1.165, 1.54) is 24.5 Å². The lowest BCUT2D eigenvalue weighted by atomic mass is 10.1. The van der Waals surface area contributed by atoms with Crippen molar-refractivity contribution >= 4 is 5.96 Å². The Morgan fingerprint density at radius 1 is 1.24 bits per heavy atom. The Morgan fingerprint density at radius 2 is 2.00 bits per heavy atom. The van der Waals surface area contributed by atoms with Crippen LogP contribution >= 0.6 is 0 Å². The Balaban J connectivity index is 1.75. The van der Waals surface area contributed by atoms with Crippen molar-refractivity contribution in [2.75, 3.05) is 13.3 Å². The monoisotopic (exact) mass is 417 g/mol. The third kappa shape index (κ3) is 5.21. The second-order valence-electron chi connectivity index (χ2n) is 5.77. The van der Waals surface area contributed by atoms with Gasteiger partial charge < -0.3 is 24.8 Å². The van der Waals surface area contributed by atoms with Crippen LogP contribution in [0.2, 0.25) is 0 Å². The number of aromatic nitrogens is 2. The van der Waals surface area contributed by atoms with E-state index in [0.29, 0.717) is 23.6 Å². The fourth-order valence-electron chi connectivity index (χ4n) is 2.62. The minimum Gasteiger partial charge on any atom is -0.454 e. The number of nitrogens with one attached hydrogen (secondary N) is 2. The number of guanidine groups is 1. The lowest BCUT2D eigenvalue weighted by Crippen LogP contribution is -2.37. The van der Waals surface area contributed by atoms with Crippen molar-refractivity contribution in [1.82, 2.24) is 20.2 Å². The maximum absolute atomic E-state index is 12.9. The summed E-state index contributed by atoms with van der Waals surface area (Å²) in [6.07, 6.45) is 2.44. The molecular weight excluding hydrogens is 398 g/mol. The number of hydrogen-bond donors (Lipinski definition) is 2. The molecule has 0 spiro atoms. The summed E-state index contributed by atoms with van der Waals surface area (Å²) >= 11 is 0. The van der Waals surface area contributed by atoms with Gasteiger partial charge in [0.1, 0.15) is 11.6 Å². The predicted molar refractivity (Wildman–Crippen MR) is 94.3 cm³/mol. The molecule has 0 saturated carbocycles. The van der Waals surface area contributed by atoms with Crippen molar-refractivity contribution in [1.29, 1.82) is 0 Å². The topological polar surface area (TPSA) is 81.9 Å².